The molecule has 3 heterocycles. The molecule has 10 nitrogen and oxygen atoms in total. The molecule has 13 heteroatoms. The van der Waals surface area contributed by atoms with E-state index < -0.39 is 21.7 Å². The highest BCUT2D eigenvalue weighted by atomic mass is 32.2. The van der Waals surface area contributed by atoms with Gasteiger partial charge in [-0.1, -0.05) is 6.07 Å². The summed E-state index contributed by atoms with van der Waals surface area (Å²) in [5, 5.41) is 5.70. The van der Waals surface area contributed by atoms with Crippen LogP contribution in [0.25, 0.3) is 22.5 Å². The highest BCUT2D eigenvalue weighted by molar-refractivity contribution is 7.92. The second kappa shape index (κ2) is 11.8. The van der Waals surface area contributed by atoms with Crippen LogP contribution in [0.1, 0.15) is 44.9 Å². The Labute approximate surface area is 252 Å². The minimum Gasteiger partial charge on any atom is -0.349 e. The summed E-state index contributed by atoms with van der Waals surface area (Å²) in [6.07, 6.45) is 2.34. The van der Waals surface area contributed by atoms with E-state index in [0.717, 1.165) is 50.0 Å². The highest BCUT2D eigenvalue weighted by Crippen LogP contribution is 2.37. The van der Waals surface area contributed by atoms with Crippen molar-refractivity contribution in [3.63, 3.8) is 0 Å². The van der Waals surface area contributed by atoms with E-state index in [1.165, 1.54) is 25.0 Å². The number of sulfonamides is 1. The van der Waals surface area contributed by atoms with Crippen LogP contribution in [-0.2, 0) is 16.6 Å². The van der Waals surface area contributed by atoms with Gasteiger partial charge >= 0.3 is 0 Å². The first kappa shape index (κ1) is 29.5. The molecule has 0 unspecified atom stereocenters. The zero-order valence-electron chi connectivity index (χ0n) is 23.8. The Kier molecular flexibility index (Phi) is 7.91. The Morgan fingerprint density at radius 1 is 1.00 bits per heavy atom. The van der Waals surface area contributed by atoms with Gasteiger partial charge in [0.15, 0.2) is 0 Å². The number of carbonyl (C=O) groups is 2. The van der Waals surface area contributed by atoms with Crippen LogP contribution in [0.3, 0.4) is 0 Å². The molecule has 2 aliphatic rings. The van der Waals surface area contributed by atoms with Crippen LogP contribution in [-0.4, -0.2) is 61.3 Å². The van der Waals surface area contributed by atoms with E-state index in [4.69, 9.17) is 0 Å². The van der Waals surface area contributed by atoms with Gasteiger partial charge in [-0.25, -0.2) is 22.2 Å². The Morgan fingerprint density at radius 2 is 1.70 bits per heavy atom. The second-order valence-corrected chi connectivity index (χ2v) is 12.5. The lowest BCUT2D eigenvalue weighted by Crippen LogP contribution is -2.33. The van der Waals surface area contributed by atoms with E-state index in [1.54, 1.807) is 19.1 Å². The minimum atomic E-state index is -4.07. The largest absolute Gasteiger partial charge is 0.349 e. The molecule has 2 amide bonds. The van der Waals surface area contributed by atoms with Crippen molar-refractivity contribution in [2.24, 2.45) is 0 Å². The number of carbonyl (C=O) groups excluding carboxylic acids is 2. The molecule has 228 valence electrons. The summed E-state index contributed by atoms with van der Waals surface area (Å²) in [7, 11) is -4.07. The SMILES string of the molecule is Cc1[nH]c(-c2ccc(-c3ccc(NS(=O)(=O)c4ccc(F)cc4)cc3F)c3c2C(=O)NC3)nc1C(=O)NCCN1CCCC1. The Morgan fingerprint density at radius 3 is 2.43 bits per heavy atom. The topological polar surface area (TPSA) is 136 Å². The first-order valence-corrected chi connectivity index (χ1v) is 15.7. The van der Waals surface area contributed by atoms with Gasteiger partial charge in [0.05, 0.1) is 16.1 Å². The lowest BCUT2D eigenvalue weighted by molar-refractivity contribution is 0.0942. The van der Waals surface area contributed by atoms with Gasteiger partial charge in [-0.15, -0.1) is 0 Å². The maximum Gasteiger partial charge on any atom is 0.271 e. The van der Waals surface area contributed by atoms with E-state index in [1.807, 2.05) is 0 Å². The molecule has 1 fully saturated rings. The first-order chi connectivity index (χ1) is 21.1. The van der Waals surface area contributed by atoms with Gasteiger partial charge in [-0.2, -0.15) is 0 Å². The maximum absolute atomic E-state index is 15.4. The molecule has 0 bridgehead atoms. The number of benzene rings is 3. The molecular formula is C31H30F2N6O4S. The van der Waals surface area contributed by atoms with Crippen molar-refractivity contribution in [2.75, 3.05) is 30.9 Å². The number of likely N-dealkylation sites (tertiary alicyclic amines) is 1. The Balaban J connectivity index is 1.25. The van der Waals surface area contributed by atoms with Gasteiger partial charge in [0.2, 0.25) is 0 Å². The van der Waals surface area contributed by atoms with Crippen LogP contribution in [0.4, 0.5) is 14.5 Å². The average Bonchev–Trinajstić information content (AvgIpc) is 3.74. The molecule has 6 rings (SSSR count). The number of fused-ring (bicyclic) bond motifs is 1. The number of H-pyrrole nitrogens is 1. The van der Waals surface area contributed by atoms with Crippen molar-refractivity contribution in [3.05, 3.63) is 88.7 Å². The number of nitrogens with one attached hydrogen (secondary N) is 4. The Bertz CT molecular complexity index is 1870. The summed E-state index contributed by atoms with van der Waals surface area (Å²) >= 11 is 0. The fraction of sp³-hybridized carbons (Fsp3) is 0.258. The Hall–Kier alpha value is -4.62. The molecule has 4 aromatic rings. The molecule has 0 aliphatic carbocycles. The molecule has 0 saturated carbocycles. The molecule has 1 aromatic heterocycles. The van der Waals surface area contributed by atoms with Crippen LogP contribution >= 0.6 is 0 Å². The average molecular weight is 621 g/mol. The van der Waals surface area contributed by atoms with Crippen LogP contribution in [0.5, 0.6) is 0 Å². The number of aromatic amines is 1. The van der Waals surface area contributed by atoms with Crippen LogP contribution in [0.15, 0.2) is 59.5 Å². The summed E-state index contributed by atoms with van der Waals surface area (Å²) in [5.41, 5.74) is 2.74. The van der Waals surface area contributed by atoms with E-state index in [-0.39, 0.29) is 40.2 Å². The summed E-state index contributed by atoms with van der Waals surface area (Å²) in [5.74, 6) is -1.61. The number of imidazole rings is 1. The third kappa shape index (κ3) is 5.80. The zero-order chi connectivity index (χ0) is 31.0. The normalized spacial score (nSPS) is 14.8. The fourth-order valence-electron chi connectivity index (χ4n) is 5.65. The fourth-order valence-corrected chi connectivity index (χ4v) is 6.70. The van der Waals surface area contributed by atoms with Crippen molar-refractivity contribution < 1.29 is 26.8 Å². The van der Waals surface area contributed by atoms with E-state index >= 15 is 4.39 Å². The maximum atomic E-state index is 15.4. The van der Waals surface area contributed by atoms with Crippen molar-refractivity contribution in [1.29, 1.82) is 0 Å². The summed E-state index contributed by atoms with van der Waals surface area (Å²) in [6, 6.07) is 11.5. The number of amides is 2. The number of hydrogen-bond donors (Lipinski definition) is 4. The molecule has 0 spiro atoms. The summed E-state index contributed by atoms with van der Waals surface area (Å²) < 4.78 is 56.3. The molecule has 0 radical (unpaired) electrons. The zero-order valence-corrected chi connectivity index (χ0v) is 24.7. The molecular weight excluding hydrogens is 590 g/mol. The number of rotatable bonds is 9. The van der Waals surface area contributed by atoms with Gasteiger partial charge in [0.1, 0.15) is 23.2 Å². The quantitative estimate of drug-likeness (QED) is 0.222. The highest BCUT2D eigenvalue weighted by Gasteiger charge is 2.29. The first-order valence-electron chi connectivity index (χ1n) is 14.2. The van der Waals surface area contributed by atoms with Gasteiger partial charge in [-0.3, -0.25) is 14.3 Å². The van der Waals surface area contributed by atoms with Crippen LogP contribution in [0, 0.1) is 18.6 Å². The van der Waals surface area contributed by atoms with Crippen molar-refractivity contribution in [2.45, 2.75) is 31.2 Å². The molecule has 44 heavy (non-hydrogen) atoms. The summed E-state index contributed by atoms with van der Waals surface area (Å²) in [4.78, 5) is 35.6. The lowest BCUT2D eigenvalue weighted by Gasteiger charge is -2.14. The predicted octanol–water partition coefficient (Wildman–Crippen LogP) is 4.20. The second-order valence-electron chi connectivity index (χ2n) is 10.8. The molecule has 1 saturated heterocycles. The van der Waals surface area contributed by atoms with E-state index in [0.29, 0.717) is 40.3 Å². The van der Waals surface area contributed by atoms with Crippen molar-refractivity contribution >= 4 is 27.5 Å². The van der Waals surface area contributed by atoms with Gasteiger partial charge in [0, 0.05) is 36.5 Å². The monoisotopic (exact) mass is 620 g/mol. The number of aromatic nitrogens is 2. The standard InChI is InChI=1S/C31H30F2N6O4S/c1-18-28(31(41)34-12-15-39-13-2-3-14-39)37-29(36-18)24-11-10-22(25-17-35-30(40)27(24)25)23-9-6-20(16-26(23)33)38-44(42,43)21-7-4-19(32)5-8-21/h4-11,16,38H,2-3,12-15,17H2,1H3,(H,34,41)(H,35,40)(H,36,37). The smallest absolute Gasteiger partial charge is 0.271 e. The molecule has 4 N–H and O–H groups in total. The molecule has 2 aliphatic heterocycles. The number of halogens is 2. The van der Waals surface area contributed by atoms with Gasteiger partial charge in [0.25, 0.3) is 21.8 Å². The van der Waals surface area contributed by atoms with Gasteiger partial charge < -0.3 is 20.5 Å². The number of nitrogens with zero attached hydrogens (tertiary/aromatic N) is 2. The van der Waals surface area contributed by atoms with Crippen LogP contribution < -0.4 is 15.4 Å². The van der Waals surface area contributed by atoms with Crippen molar-refractivity contribution in [3.8, 4) is 22.5 Å². The minimum absolute atomic E-state index is 0.0182. The predicted molar refractivity (Wildman–Crippen MR) is 161 cm³/mol. The third-order valence-electron chi connectivity index (χ3n) is 7.87. The lowest BCUT2D eigenvalue weighted by atomic mass is 9.92. The summed E-state index contributed by atoms with van der Waals surface area (Å²) in [6.45, 7) is 5.24. The third-order valence-corrected chi connectivity index (χ3v) is 9.27. The van der Waals surface area contributed by atoms with Crippen molar-refractivity contribution in [1.82, 2.24) is 25.5 Å². The molecule has 0 atom stereocenters. The van der Waals surface area contributed by atoms with E-state index in [2.05, 4.69) is 30.2 Å². The number of aryl methyl sites for hydroxylation is 1. The van der Waals surface area contributed by atoms with E-state index in [9.17, 15) is 22.4 Å². The van der Waals surface area contributed by atoms with Gasteiger partial charge in [-0.05, 0) is 92.5 Å². The van der Waals surface area contributed by atoms with Crippen LogP contribution in [0.2, 0.25) is 0 Å². The molecule has 3 aromatic carbocycles. The number of hydrogen-bond acceptors (Lipinski definition) is 6. The number of anilines is 1.